The summed E-state index contributed by atoms with van der Waals surface area (Å²) < 4.78 is 3.15. The van der Waals surface area contributed by atoms with Crippen LogP contribution in [0, 0.1) is 0 Å². The zero-order valence-corrected chi connectivity index (χ0v) is 15.2. The Morgan fingerprint density at radius 1 is 1.00 bits per heavy atom. The average Bonchev–Trinajstić information content (AvgIpc) is 2.38. The van der Waals surface area contributed by atoms with Crippen molar-refractivity contribution in [2.24, 2.45) is 0 Å². The smallest absolute Gasteiger partial charge is 0.0630 e. The minimum absolute atomic E-state index is 0.462. The molecule has 2 aromatic rings. The molecule has 1 N–H and O–H groups in total. The quantitative estimate of drug-likeness (QED) is 0.589. The lowest BCUT2D eigenvalue weighted by Gasteiger charge is -2.16. The van der Waals surface area contributed by atoms with Gasteiger partial charge in [-0.25, -0.2) is 0 Å². The van der Waals surface area contributed by atoms with Crippen LogP contribution in [0.25, 0.3) is 0 Å². The molecule has 0 radical (unpaired) electrons. The van der Waals surface area contributed by atoms with E-state index < -0.39 is 0 Å². The fourth-order valence-corrected chi connectivity index (χ4v) is 4.40. The third kappa shape index (κ3) is 4.07. The first-order valence-electron chi connectivity index (χ1n) is 6.01. The highest BCUT2D eigenvalue weighted by atomic mass is 79.9. The molecular weight excluding hydrogens is 434 g/mol. The summed E-state index contributed by atoms with van der Waals surface area (Å²) in [6.45, 7) is 3.12. The first-order chi connectivity index (χ1) is 9.08. The maximum Gasteiger partial charge on any atom is 0.0630 e. The maximum absolute atomic E-state index is 3.58. The Labute approximate surface area is 139 Å². The Kier molecular flexibility index (Phi) is 5.48. The number of hydrogen-bond donors (Lipinski definition) is 1. The largest absolute Gasteiger partial charge is 0.383 e. The lowest BCUT2D eigenvalue weighted by molar-refractivity contribution is 0.804. The monoisotopic (exact) mass is 445 g/mol. The van der Waals surface area contributed by atoms with Crippen molar-refractivity contribution in [2.75, 3.05) is 11.9 Å². The van der Waals surface area contributed by atoms with Crippen LogP contribution < -0.4 is 5.32 Å². The van der Waals surface area contributed by atoms with Gasteiger partial charge in [-0.3, -0.25) is 0 Å². The molecule has 2 rings (SSSR count). The van der Waals surface area contributed by atoms with Crippen molar-refractivity contribution in [1.29, 1.82) is 0 Å². The van der Waals surface area contributed by atoms with Crippen LogP contribution in [-0.4, -0.2) is 6.54 Å². The van der Waals surface area contributed by atoms with Crippen LogP contribution in [0.2, 0.25) is 0 Å². The van der Waals surface area contributed by atoms with Crippen LogP contribution in [0.3, 0.4) is 0 Å². The molecule has 2 aromatic carbocycles. The average molecular weight is 448 g/mol. The molecule has 0 saturated carbocycles. The van der Waals surface area contributed by atoms with Crippen LogP contribution in [0.15, 0.2) is 55.9 Å². The summed E-state index contributed by atoms with van der Waals surface area (Å²) in [5.74, 6) is 0.462. The van der Waals surface area contributed by atoms with Gasteiger partial charge in [0.15, 0.2) is 0 Å². The summed E-state index contributed by atoms with van der Waals surface area (Å²) in [5.41, 5.74) is 2.44. The van der Waals surface area contributed by atoms with E-state index in [-0.39, 0.29) is 0 Å². The van der Waals surface area contributed by atoms with Gasteiger partial charge >= 0.3 is 0 Å². The fourth-order valence-electron chi connectivity index (χ4n) is 1.87. The van der Waals surface area contributed by atoms with Gasteiger partial charge in [0.05, 0.1) is 5.69 Å². The molecule has 0 amide bonds. The Balaban J connectivity index is 2.07. The molecule has 100 valence electrons. The predicted octanol–water partition coefficient (Wildman–Crippen LogP) is 6.19. The Hall–Kier alpha value is -0.320. The molecule has 1 nitrogen and oxygen atoms in total. The summed E-state index contributed by atoms with van der Waals surface area (Å²) >= 11 is 10.6. The molecular formula is C15H14Br3N. The summed E-state index contributed by atoms with van der Waals surface area (Å²) in [4.78, 5) is 0. The molecule has 0 aliphatic rings. The highest BCUT2D eigenvalue weighted by molar-refractivity contribution is 9.11. The van der Waals surface area contributed by atoms with E-state index in [4.69, 9.17) is 0 Å². The number of rotatable bonds is 4. The summed E-state index contributed by atoms with van der Waals surface area (Å²) in [6, 6.07) is 14.6. The van der Waals surface area contributed by atoms with Crippen LogP contribution in [0.5, 0.6) is 0 Å². The SMILES string of the molecule is CC(CNc1c(Br)cc(Br)cc1Br)c1ccccc1. The molecule has 1 atom stereocenters. The van der Waals surface area contributed by atoms with E-state index in [9.17, 15) is 0 Å². The van der Waals surface area contributed by atoms with Crippen molar-refractivity contribution in [2.45, 2.75) is 12.8 Å². The normalized spacial score (nSPS) is 12.2. The molecule has 0 aliphatic carbocycles. The molecule has 0 saturated heterocycles. The van der Waals surface area contributed by atoms with Crippen LogP contribution >= 0.6 is 47.8 Å². The standard InChI is InChI=1S/C15H14Br3N/c1-10(11-5-3-2-4-6-11)9-19-15-13(17)7-12(16)8-14(15)18/h2-8,10,19H,9H2,1H3. The summed E-state index contributed by atoms with van der Waals surface area (Å²) in [7, 11) is 0. The van der Waals surface area contributed by atoms with Crippen molar-refractivity contribution in [3.63, 3.8) is 0 Å². The minimum atomic E-state index is 0.462. The predicted molar refractivity (Wildman–Crippen MR) is 92.9 cm³/mol. The number of halogens is 3. The van der Waals surface area contributed by atoms with Crippen molar-refractivity contribution < 1.29 is 0 Å². The highest BCUT2D eigenvalue weighted by Crippen LogP contribution is 2.34. The second-order valence-electron chi connectivity index (χ2n) is 4.44. The van der Waals surface area contributed by atoms with Crippen LogP contribution in [0.1, 0.15) is 18.4 Å². The lowest BCUT2D eigenvalue weighted by Crippen LogP contribution is -2.10. The second kappa shape index (κ2) is 6.91. The van der Waals surface area contributed by atoms with E-state index >= 15 is 0 Å². The van der Waals surface area contributed by atoms with Gasteiger partial charge in [0.2, 0.25) is 0 Å². The second-order valence-corrected chi connectivity index (χ2v) is 7.06. The topological polar surface area (TPSA) is 12.0 Å². The Morgan fingerprint density at radius 2 is 1.58 bits per heavy atom. The van der Waals surface area contributed by atoms with Gasteiger partial charge in [-0.05, 0) is 55.5 Å². The van der Waals surface area contributed by atoms with E-state index in [1.54, 1.807) is 0 Å². The maximum atomic E-state index is 3.58. The minimum Gasteiger partial charge on any atom is -0.383 e. The van der Waals surface area contributed by atoms with Gasteiger partial charge in [0, 0.05) is 20.0 Å². The molecule has 0 bridgehead atoms. The zero-order chi connectivity index (χ0) is 13.8. The van der Waals surface area contributed by atoms with E-state index in [0.717, 1.165) is 25.7 Å². The van der Waals surface area contributed by atoms with Crippen molar-refractivity contribution in [1.82, 2.24) is 0 Å². The van der Waals surface area contributed by atoms with E-state index in [0.29, 0.717) is 5.92 Å². The third-order valence-electron chi connectivity index (χ3n) is 2.96. The number of benzene rings is 2. The van der Waals surface area contributed by atoms with Crippen molar-refractivity contribution in [3.8, 4) is 0 Å². The van der Waals surface area contributed by atoms with Gasteiger partial charge in [-0.15, -0.1) is 0 Å². The molecule has 0 spiro atoms. The van der Waals surface area contributed by atoms with E-state index in [1.165, 1.54) is 5.56 Å². The molecule has 0 aliphatic heterocycles. The molecule has 0 heterocycles. The Bertz CT molecular complexity index is 532. The van der Waals surface area contributed by atoms with E-state index in [2.05, 4.69) is 84.3 Å². The Morgan fingerprint density at radius 3 is 2.16 bits per heavy atom. The van der Waals surface area contributed by atoms with Gasteiger partial charge in [-0.1, -0.05) is 53.2 Å². The summed E-state index contributed by atoms with van der Waals surface area (Å²) in [5, 5.41) is 3.49. The third-order valence-corrected chi connectivity index (χ3v) is 4.67. The van der Waals surface area contributed by atoms with Crippen molar-refractivity contribution in [3.05, 3.63) is 61.4 Å². The lowest BCUT2D eigenvalue weighted by atomic mass is 10.0. The van der Waals surface area contributed by atoms with Gasteiger partial charge in [-0.2, -0.15) is 0 Å². The summed E-state index contributed by atoms with van der Waals surface area (Å²) in [6.07, 6.45) is 0. The van der Waals surface area contributed by atoms with Crippen LogP contribution in [-0.2, 0) is 0 Å². The molecule has 0 aromatic heterocycles. The fraction of sp³-hybridized carbons (Fsp3) is 0.200. The molecule has 1 unspecified atom stereocenters. The zero-order valence-electron chi connectivity index (χ0n) is 10.5. The van der Waals surface area contributed by atoms with Gasteiger partial charge in [0.25, 0.3) is 0 Å². The van der Waals surface area contributed by atoms with E-state index in [1.807, 2.05) is 18.2 Å². The number of hydrogen-bond acceptors (Lipinski definition) is 1. The number of anilines is 1. The molecule has 19 heavy (non-hydrogen) atoms. The highest BCUT2D eigenvalue weighted by Gasteiger charge is 2.09. The molecule has 0 fully saturated rings. The molecule has 4 heteroatoms. The van der Waals surface area contributed by atoms with Gasteiger partial charge in [0.1, 0.15) is 0 Å². The first kappa shape index (κ1) is 15.1. The van der Waals surface area contributed by atoms with Crippen LogP contribution in [0.4, 0.5) is 5.69 Å². The number of nitrogens with one attached hydrogen (secondary N) is 1. The van der Waals surface area contributed by atoms with Gasteiger partial charge < -0.3 is 5.32 Å². The first-order valence-corrected chi connectivity index (χ1v) is 8.39. The van der Waals surface area contributed by atoms with Crippen molar-refractivity contribution >= 4 is 53.5 Å².